The number of amides is 1. The smallest absolute Gasteiger partial charge is 0.314 e. The third-order valence-electron chi connectivity index (χ3n) is 5.04. The van der Waals surface area contributed by atoms with Crippen molar-refractivity contribution in [1.82, 2.24) is 24.6 Å². The zero-order valence-electron chi connectivity index (χ0n) is 17.7. The van der Waals surface area contributed by atoms with Crippen molar-refractivity contribution in [3.8, 4) is 11.3 Å². The fraction of sp³-hybridized carbons (Fsp3) is 0.174. The Labute approximate surface area is 187 Å². The van der Waals surface area contributed by atoms with Gasteiger partial charge in [-0.2, -0.15) is 5.10 Å². The topological polar surface area (TPSA) is 108 Å². The molecule has 0 saturated heterocycles. The fourth-order valence-electron chi connectivity index (χ4n) is 3.32. The van der Waals surface area contributed by atoms with E-state index in [2.05, 4.69) is 15.4 Å². The van der Waals surface area contributed by atoms with Crippen molar-refractivity contribution in [3.05, 3.63) is 71.9 Å². The van der Waals surface area contributed by atoms with E-state index in [1.807, 2.05) is 6.07 Å². The number of benzene rings is 1. The Kier molecular flexibility index (Phi) is 6.25. The van der Waals surface area contributed by atoms with E-state index in [0.29, 0.717) is 34.4 Å². The molecule has 0 aliphatic heterocycles. The Bertz CT molecular complexity index is 1340. The zero-order valence-corrected chi connectivity index (χ0v) is 17.7. The molecule has 3 aromatic heterocycles. The highest BCUT2D eigenvalue weighted by Crippen LogP contribution is 2.23. The molecule has 3 heterocycles. The standard InChI is InChI=1S/C23H20FN5O4/c1-28-20(23(32)25-11-16-4-2-3-5-18(16)24)10-15-6-7-19(27-22(15)28)17-12-26-29(13-17)14-33-21(31)8-9-30/h2-7,9-10,12-13H,8,11,14H2,1H3,(H,25,32). The summed E-state index contributed by atoms with van der Waals surface area (Å²) in [6.07, 6.45) is 3.40. The van der Waals surface area contributed by atoms with E-state index >= 15 is 0 Å². The number of ether oxygens (including phenoxy) is 1. The Hall–Kier alpha value is -4.34. The summed E-state index contributed by atoms with van der Waals surface area (Å²) >= 11 is 0. The van der Waals surface area contributed by atoms with E-state index in [9.17, 15) is 18.8 Å². The first-order chi connectivity index (χ1) is 16.0. The lowest BCUT2D eigenvalue weighted by Crippen LogP contribution is -2.25. The van der Waals surface area contributed by atoms with Crippen LogP contribution in [0.5, 0.6) is 0 Å². The quantitative estimate of drug-likeness (QED) is 0.252. The van der Waals surface area contributed by atoms with Crippen LogP contribution in [-0.2, 0) is 34.6 Å². The van der Waals surface area contributed by atoms with Gasteiger partial charge in [0, 0.05) is 36.3 Å². The van der Waals surface area contributed by atoms with Crippen LogP contribution >= 0.6 is 0 Å². The molecule has 0 saturated carbocycles. The summed E-state index contributed by atoms with van der Waals surface area (Å²) in [4.78, 5) is 39.0. The minimum atomic E-state index is -0.633. The maximum absolute atomic E-state index is 13.8. The molecule has 1 amide bonds. The predicted octanol–water partition coefficient (Wildman–Crippen LogP) is 2.60. The second kappa shape index (κ2) is 9.43. The molecule has 0 atom stereocenters. The zero-order chi connectivity index (χ0) is 23.4. The van der Waals surface area contributed by atoms with Crippen LogP contribution < -0.4 is 5.32 Å². The van der Waals surface area contributed by atoms with Crippen LogP contribution in [0.4, 0.5) is 4.39 Å². The number of hydrogen-bond donors (Lipinski definition) is 1. The number of nitrogens with one attached hydrogen (secondary N) is 1. The number of aryl methyl sites for hydroxylation is 1. The van der Waals surface area contributed by atoms with Crippen molar-refractivity contribution in [1.29, 1.82) is 0 Å². The molecule has 4 aromatic rings. The molecular formula is C23H20FN5O4. The molecule has 0 unspecified atom stereocenters. The van der Waals surface area contributed by atoms with Crippen molar-refractivity contribution in [2.75, 3.05) is 0 Å². The third-order valence-corrected chi connectivity index (χ3v) is 5.04. The van der Waals surface area contributed by atoms with Gasteiger partial charge >= 0.3 is 5.97 Å². The predicted molar refractivity (Wildman–Crippen MR) is 116 cm³/mol. The normalized spacial score (nSPS) is 10.8. The highest BCUT2D eigenvalue weighted by Gasteiger charge is 2.16. The molecule has 0 fully saturated rings. The molecule has 0 aliphatic carbocycles. The molecule has 10 heteroatoms. The van der Waals surface area contributed by atoms with Crippen molar-refractivity contribution < 1.29 is 23.5 Å². The number of aromatic nitrogens is 4. The first-order valence-electron chi connectivity index (χ1n) is 10.1. The number of aldehydes is 1. The van der Waals surface area contributed by atoms with E-state index in [-0.39, 0.29) is 31.4 Å². The average Bonchev–Trinajstić information content (AvgIpc) is 3.42. The number of esters is 1. The van der Waals surface area contributed by atoms with Gasteiger partial charge in [0.05, 0.1) is 11.9 Å². The van der Waals surface area contributed by atoms with Crippen molar-refractivity contribution in [2.24, 2.45) is 7.05 Å². The fourth-order valence-corrected chi connectivity index (χ4v) is 3.32. The number of nitrogens with zero attached hydrogens (tertiary/aromatic N) is 4. The SMILES string of the molecule is Cn1c(C(=O)NCc2ccccc2F)cc2ccc(-c3cnn(COC(=O)CC=O)c3)nc21. The number of fused-ring (bicyclic) bond motifs is 1. The van der Waals surface area contributed by atoms with Gasteiger partial charge in [-0.15, -0.1) is 0 Å². The minimum absolute atomic E-state index is 0.0717. The van der Waals surface area contributed by atoms with Crippen LogP contribution in [-0.4, -0.2) is 37.5 Å². The van der Waals surface area contributed by atoms with Gasteiger partial charge in [0.15, 0.2) is 6.73 Å². The first kappa shape index (κ1) is 21.9. The average molecular weight is 449 g/mol. The summed E-state index contributed by atoms with van der Waals surface area (Å²) in [5.41, 5.74) is 2.69. The lowest BCUT2D eigenvalue weighted by atomic mass is 10.2. The second-order valence-electron chi connectivity index (χ2n) is 7.26. The van der Waals surface area contributed by atoms with Crippen LogP contribution in [0.15, 0.2) is 54.9 Å². The molecule has 168 valence electrons. The second-order valence-corrected chi connectivity index (χ2v) is 7.26. The van der Waals surface area contributed by atoms with Gasteiger partial charge in [0.1, 0.15) is 29.9 Å². The van der Waals surface area contributed by atoms with E-state index in [0.717, 1.165) is 5.39 Å². The maximum Gasteiger partial charge on any atom is 0.314 e. The number of rotatable bonds is 8. The molecule has 1 aromatic carbocycles. The Morgan fingerprint density at radius 3 is 2.82 bits per heavy atom. The van der Waals surface area contributed by atoms with Crippen molar-refractivity contribution in [2.45, 2.75) is 19.7 Å². The van der Waals surface area contributed by atoms with Crippen LogP contribution in [0.1, 0.15) is 22.5 Å². The monoisotopic (exact) mass is 449 g/mol. The van der Waals surface area contributed by atoms with Gasteiger partial charge in [-0.1, -0.05) is 18.2 Å². The maximum atomic E-state index is 13.8. The Morgan fingerprint density at radius 1 is 1.21 bits per heavy atom. The summed E-state index contributed by atoms with van der Waals surface area (Å²) < 4.78 is 21.8. The van der Waals surface area contributed by atoms with E-state index in [4.69, 9.17) is 4.74 Å². The summed E-state index contributed by atoms with van der Waals surface area (Å²) in [7, 11) is 1.73. The Balaban J connectivity index is 1.50. The number of carbonyl (C=O) groups excluding carboxylic acids is 3. The van der Waals surface area contributed by atoms with Crippen LogP contribution in [0.3, 0.4) is 0 Å². The summed E-state index contributed by atoms with van der Waals surface area (Å²) in [6, 6.07) is 11.6. The van der Waals surface area contributed by atoms with Gasteiger partial charge in [-0.25, -0.2) is 14.1 Å². The summed E-state index contributed by atoms with van der Waals surface area (Å²) in [6.45, 7) is -0.0479. The van der Waals surface area contributed by atoms with Crippen molar-refractivity contribution in [3.63, 3.8) is 0 Å². The van der Waals surface area contributed by atoms with E-state index in [1.54, 1.807) is 54.3 Å². The van der Waals surface area contributed by atoms with Gasteiger partial charge in [-0.3, -0.25) is 9.59 Å². The lowest BCUT2D eigenvalue weighted by Gasteiger charge is -2.07. The summed E-state index contributed by atoms with van der Waals surface area (Å²) in [5.74, 6) is -1.35. The Morgan fingerprint density at radius 2 is 2.03 bits per heavy atom. The summed E-state index contributed by atoms with van der Waals surface area (Å²) in [5, 5.41) is 7.64. The highest BCUT2D eigenvalue weighted by atomic mass is 19.1. The number of hydrogen-bond acceptors (Lipinski definition) is 6. The molecular weight excluding hydrogens is 429 g/mol. The first-order valence-corrected chi connectivity index (χ1v) is 10.1. The highest BCUT2D eigenvalue weighted by molar-refractivity contribution is 5.98. The molecule has 1 N–H and O–H groups in total. The number of carbonyl (C=O) groups is 3. The van der Waals surface area contributed by atoms with E-state index in [1.165, 1.54) is 10.7 Å². The van der Waals surface area contributed by atoms with Gasteiger partial charge in [0.25, 0.3) is 5.91 Å². The molecule has 33 heavy (non-hydrogen) atoms. The van der Waals surface area contributed by atoms with Crippen LogP contribution in [0, 0.1) is 5.82 Å². The minimum Gasteiger partial charge on any atom is -0.442 e. The number of halogens is 1. The van der Waals surface area contributed by atoms with Gasteiger partial charge in [-0.05, 0) is 24.3 Å². The molecule has 0 aliphatic rings. The van der Waals surface area contributed by atoms with Crippen LogP contribution in [0.25, 0.3) is 22.3 Å². The largest absolute Gasteiger partial charge is 0.442 e. The number of pyridine rings is 1. The van der Waals surface area contributed by atoms with E-state index < -0.39 is 5.97 Å². The lowest BCUT2D eigenvalue weighted by molar-refractivity contribution is -0.148. The van der Waals surface area contributed by atoms with Gasteiger partial charge < -0.3 is 19.4 Å². The molecule has 9 nitrogen and oxygen atoms in total. The van der Waals surface area contributed by atoms with Gasteiger partial charge in [0.2, 0.25) is 0 Å². The van der Waals surface area contributed by atoms with Crippen molar-refractivity contribution >= 4 is 29.2 Å². The molecule has 0 spiro atoms. The molecule has 4 rings (SSSR count). The molecule has 0 radical (unpaired) electrons. The molecule has 0 bridgehead atoms. The third kappa shape index (κ3) is 4.79. The van der Waals surface area contributed by atoms with Crippen LogP contribution in [0.2, 0.25) is 0 Å².